The Hall–Kier alpha value is -3.69. The summed E-state index contributed by atoms with van der Waals surface area (Å²) >= 11 is 5.98. The molecular formula is C26H23ClN4O2. The first-order chi connectivity index (χ1) is 16.0. The monoisotopic (exact) mass is 458 g/mol. The van der Waals surface area contributed by atoms with Crippen LogP contribution in [0.4, 0.5) is 0 Å². The van der Waals surface area contributed by atoms with Crippen LogP contribution in [0.25, 0.3) is 11.3 Å². The van der Waals surface area contributed by atoms with Gasteiger partial charge in [-0.2, -0.15) is 5.26 Å². The molecule has 1 saturated heterocycles. The van der Waals surface area contributed by atoms with Gasteiger partial charge < -0.3 is 10.2 Å². The molecule has 2 aromatic carbocycles. The van der Waals surface area contributed by atoms with E-state index in [1.165, 1.54) is 0 Å². The van der Waals surface area contributed by atoms with Crippen LogP contribution in [-0.4, -0.2) is 40.8 Å². The smallest absolute Gasteiger partial charge is 0.253 e. The van der Waals surface area contributed by atoms with Crippen molar-refractivity contribution in [2.75, 3.05) is 13.1 Å². The summed E-state index contributed by atoms with van der Waals surface area (Å²) in [6.45, 7) is 1.17. The Morgan fingerprint density at radius 3 is 2.55 bits per heavy atom. The molecule has 1 N–H and O–H groups in total. The predicted molar refractivity (Wildman–Crippen MR) is 127 cm³/mol. The lowest BCUT2D eigenvalue weighted by molar-refractivity contribution is -0.121. The van der Waals surface area contributed by atoms with Gasteiger partial charge in [0.05, 0.1) is 17.7 Å². The second kappa shape index (κ2) is 10.3. The maximum absolute atomic E-state index is 12.9. The number of halogens is 1. The first-order valence-corrected chi connectivity index (χ1v) is 11.2. The van der Waals surface area contributed by atoms with Gasteiger partial charge in [-0.15, -0.1) is 0 Å². The number of hydrogen-bond donors (Lipinski definition) is 1. The fourth-order valence-electron chi connectivity index (χ4n) is 4.02. The van der Waals surface area contributed by atoms with Gasteiger partial charge in [-0.05, 0) is 54.8 Å². The van der Waals surface area contributed by atoms with Crippen molar-refractivity contribution in [2.45, 2.75) is 25.3 Å². The molecule has 1 aromatic heterocycles. The molecular weight excluding hydrogens is 436 g/mol. The number of carbonyl (C=O) groups excluding carboxylic acids is 2. The summed E-state index contributed by atoms with van der Waals surface area (Å²) in [5.41, 5.74) is 3.37. The van der Waals surface area contributed by atoms with Gasteiger partial charge in [-0.1, -0.05) is 35.9 Å². The Bertz CT molecular complexity index is 1200. The summed E-state index contributed by atoms with van der Waals surface area (Å²) in [6, 6.07) is 20.1. The van der Waals surface area contributed by atoms with E-state index in [4.69, 9.17) is 11.6 Å². The highest BCUT2D eigenvalue weighted by atomic mass is 35.5. The summed E-state index contributed by atoms with van der Waals surface area (Å²) in [5, 5.41) is 13.0. The quantitative estimate of drug-likeness (QED) is 0.619. The molecule has 2 heterocycles. The minimum Gasteiger partial charge on any atom is -0.353 e. The number of amides is 2. The second-order valence-corrected chi connectivity index (χ2v) is 8.47. The van der Waals surface area contributed by atoms with Crippen LogP contribution in [0.15, 0.2) is 66.9 Å². The van der Waals surface area contributed by atoms with E-state index in [1.54, 1.807) is 42.6 Å². The van der Waals surface area contributed by atoms with Crippen LogP contribution in [0.2, 0.25) is 5.02 Å². The maximum Gasteiger partial charge on any atom is 0.253 e. The van der Waals surface area contributed by atoms with Crippen molar-refractivity contribution in [2.24, 2.45) is 0 Å². The molecule has 33 heavy (non-hydrogen) atoms. The first-order valence-electron chi connectivity index (χ1n) is 10.8. The van der Waals surface area contributed by atoms with Gasteiger partial charge in [0.15, 0.2) is 0 Å². The Kier molecular flexibility index (Phi) is 7.01. The van der Waals surface area contributed by atoms with Crippen LogP contribution in [0.5, 0.6) is 0 Å². The summed E-state index contributed by atoms with van der Waals surface area (Å²) < 4.78 is 0. The molecule has 0 spiro atoms. The summed E-state index contributed by atoms with van der Waals surface area (Å²) in [5.74, 6) is -0.0735. The molecule has 1 aliphatic heterocycles. The first kappa shape index (κ1) is 22.5. The Labute approximate surface area is 197 Å². The van der Waals surface area contributed by atoms with Crippen LogP contribution in [0.1, 0.15) is 34.3 Å². The predicted octanol–water partition coefficient (Wildman–Crippen LogP) is 4.24. The highest BCUT2D eigenvalue weighted by Crippen LogP contribution is 2.22. The molecule has 0 aliphatic carbocycles. The van der Waals surface area contributed by atoms with Crippen LogP contribution in [0, 0.1) is 11.3 Å². The third-order valence-electron chi connectivity index (χ3n) is 5.73. The standard InChI is InChI=1S/C26H23ClN4O2/c27-22-5-1-3-18(15-22)16-24(32)30-23-10-13-31(14-11-23)26(33)20-8-6-19(7-9-20)25-21(17-28)4-2-12-29-25/h1-9,12,15,23H,10-11,13-14,16H2,(H,30,32). The summed E-state index contributed by atoms with van der Waals surface area (Å²) in [6.07, 6.45) is 3.36. The van der Waals surface area contributed by atoms with E-state index in [0.717, 1.165) is 11.1 Å². The molecule has 1 fully saturated rings. The number of rotatable bonds is 5. The number of benzene rings is 2. The molecule has 166 valence electrons. The number of nitrogens with one attached hydrogen (secondary N) is 1. The fraction of sp³-hybridized carbons (Fsp3) is 0.231. The lowest BCUT2D eigenvalue weighted by Crippen LogP contribution is -2.46. The van der Waals surface area contributed by atoms with Crippen LogP contribution in [0.3, 0.4) is 0 Å². The Morgan fingerprint density at radius 1 is 1.09 bits per heavy atom. The van der Waals surface area contributed by atoms with E-state index >= 15 is 0 Å². The number of piperidine rings is 1. The topological polar surface area (TPSA) is 86.1 Å². The molecule has 0 unspecified atom stereocenters. The largest absolute Gasteiger partial charge is 0.353 e. The zero-order chi connectivity index (χ0) is 23.2. The molecule has 0 saturated carbocycles. The highest BCUT2D eigenvalue weighted by Gasteiger charge is 2.24. The molecule has 0 radical (unpaired) electrons. The average molecular weight is 459 g/mol. The van der Waals surface area contributed by atoms with E-state index in [2.05, 4.69) is 16.4 Å². The lowest BCUT2D eigenvalue weighted by Gasteiger charge is -2.32. The van der Waals surface area contributed by atoms with Gasteiger partial charge in [-0.3, -0.25) is 14.6 Å². The third-order valence-corrected chi connectivity index (χ3v) is 5.97. The van der Waals surface area contributed by atoms with E-state index in [1.807, 2.05) is 29.2 Å². The van der Waals surface area contributed by atoms with Crippen molar-refractivity contribution in [3.63, 3.8) is 0 Å². The SMILES string of the molecule is N#Cc1cccnc1-c1ccc(C(=O)N2CCC(NC(=O)Cc3cccc(Cl)c3)CC2)cc1. The van der Waals surface area contributed by atoms with E-state index < -0.39 is 0 Å². The molecule has 3 aromatic rings. The normalized spacial score (nSPS) is 13.9. The fourth-order valence-corrected chi connectivity index (χ4v) is 4.23. The van der Waals surface area contributed by atoms with Gasteiger partial charge >= 0.3 is 0 Å². The molecule has 7 heteroatoms. The number of pyridine rings is 1. The highest BCUT2D eigenvalue weighted by molar-refractivity contribution is 6.30. The summed E-state index contributed by atoms with van der Waals surface area (Å²) in [4.78, 5) is 31.4. The van der Waals surface area contributed by atoms with Crippen molar-refractivity contribution in [3.8, 4) is 17.3 Å². The molecule has 6 nitrogen and oxygen atoms in total. The van der Waals surface area contributed by atoms with E-state index in [0.29, 0.717) is 47.8 Å². The van der Waals surface area contributed by atoms with E-state index in [9.17, 15) is 14.9 Å². The van der Waals surface area contributed by atoms with Crippen molar-refractivity contribution >= 4 is 23.4 Å². The van der Waals surface area contributed by atoms with Crippen molar-refractivity contribution in [1.29, 1.82) is 5.26 Å². The Balaban J connectivity index is 1.31. The van der Waals surface area contributed by atoms with E-state index in [-0.39, 0.29) is 24.3 Å². The average Bonchev–Trinajstić information content (AvgIpc) is 2.84. The second-order valence-electron chi connectivity index (χ2n) is 8.03. The number of carbonyl (C=O) groups is 2. The number of nitrogens with zero attached hydrogens (tertiary/aromatic N) is 3. The van der Waals surface area contributed by atoms with Crippen LogP contribution in [-0.2, 0) is 11.2 Å². The third kappa shape index (κ3) is 5.57. The minimum atomic E-state index is -0.0381. The van der Waals surface area contributed by atoms with Gasteiger partial charge in [0.1, 0.15) is 6.07 Å². The molecule has 0 atom stereocenters. The maximum atomic E-state index is 12.9. The lowest BCUT2D eigenvalue weighted by atomic mass is 10.0. The van der Waals surface area contributed by atoms with Gasteiger partial charge in [0, 0.05) is 41.5 Å². The van der Waals surface area contributed by atoms with Gasteiger partial charge in [-0.25, -0.2) is 0 Å². The molecule has 4 rings (SSSR count). The molecule has 1 aliphatic rings. The minimum absolute atomic E-state index is 0.0354. The van der Waals surface area contributed by atoms with Gasteiger partial charge in [0.25, 0.3) is 5.91 Å². The Morgan fingerprint density at radius 2 is 1.85 bits per heavy atom. The van der Waals surface area contributed by atoms with Gasteiger partial charge in [0.2, 0.25) is 5.91 Å². The zero-order valence-corrected chi connectivity index (χ0v) is 18.8. The van der Waals surface area contributed by atoms with Crippen LogP contribution >= 0.6 is 11.6 Å². The molecule has 0 bridgehead atoms. The van der Waals surface area contributed by atoms with Crippen molar-refractivity contribution in [1.82, 2.24) is 15.2 Å². The number of nitriles is 1. The summed E-state index contributed by atoms with van der Waals surface area (Å²) in [7, 11) is 0. The van der Waals surface area contributed by atoms with Crippen molar-refractivity contribution in [3.05, 3.63) is 88.6 Å². The molecule has 2 amide bonds. The zero-order valence-electron chi connectivity index (χ0n) is 18.0. The van der Waals surface area contributed by atoms with Crippen molar-refractivity contribution < 1.29 is 9.59 Å². The van der Waals surface area contributed by atoms with Crippen LogP contribution < -0.4 is 5.32 Å². The number of hydrogen-bond acceptors (Lipinski definition) is 4. The number of aromatic nitrogens is 1. The number of likely N-dealkylation sites (tertiary alicyclic amines) is 1.